The van der Waals surface area contributed by atoms with Crippen molar-refractivity contribution in [3.63, 3.8) is 0 Å². The highest BCUT2D eigenvalue weighted by Crippen LogP contribution is 2.20. The van der Waals surface area contributed by atoms with Crippen molar-refractivity contribution in [1.29, 1.82) is 0 Å². The third-order valence-corrected chi connectivity index (χ3v) is 4.86. The van der Waals surface area contributed by atoms with E-state index in [9.17, 15) is 0 Å². The molecule has 0 radical (unpaired) electrons. The van der Waals surface area contributed by atoms with E-state index in [0.29, 0.717) is 6.04 Å². The van der Waals surface area contributed by atoms with Crippen LogP contribution in [0.3, 0.4) is 0 Å². The van der Waals surface area contributed by atoms with Crippen molar-refractivity contribution in [3.05, 3.63) is 21.9 Å². The Balaban J connectivity index is 1.94. The van der Waals surface area contributed by atoms with Gasteiger partial charge in [-0.05, 0) is 29.9 Å². The van der Waals surface area contributed by atoms with Gasteiger partial charge in [0.25, 0.3) is 0 Å². The van der Waals surface area contributed by atoms with Gasteiger partial charge in [0.05, 0.1) is 6.54 Å². The van der Waals surface area contributed by atoms with Crippen LogP contribution in [-0.2, 0) is 13.0 Å². The lowest BCUT2D eigenvalue weighted by Crippen LogP contribution is -2.25. The number of rotatable bonds is 4. The molecule has 2 heterocycles. The van der Waals surface area contributed by atoms with Gasteiger partial charge in [0, 0.05) is 16.7 Å². The van der Waals surface area contributed by atoms with E-state index in [1.165, 1.54) is 22.6 Å². The molecule has 1 atom stereocenters. The zero-order chi connectivity index (χ0) is 11.4. The maximum atomic E-state index is 4.65. The average Bonchev–Trinajstić information content (AvgIpc) is 2.94. The van der Waals surface area contributed by atoms with Crippen LogP contribution in [0.1, 0.15) is 30.7 Å². The van der Waals surface area contributed by atoms with E-state index < -0.39 is 0 Å². The van der Waals surface area contributed by atoms with Gasteiger partial charge in [-0.15, -0.1) is 11.3 Å². The largest absolute Gasteiger partial charge is 0.361 e. The third-order valence-electron chi connectivity index (χ3n) is 2.83. The minimum atomic E-state index is 0.623. The summed E-state index contributed by atoms with van der Waals surface area (Å²) in [4.78, 5) is 6.07. The van der Waals surface area contributed by atoms with E-state index >= 15 is 0 Å². The second-order valence-corrected chi connectivity index (χ2v) is 5.91. The van der Waals surface area contributed by atoms with Gasteiger partial charge in [-0.25, -0.2) is 0 Å². The fraction of sp³-hybridized carbons (Fsp3) is 0.583. The lowest BCUT2D eigenvalue weighted by Gasteiger charge is -2.04. The van der Waals surface area contributed by atoms with Crippen LogP contribution in [0.2, 0.25) is 0 Å². The molecule has 1 aromatic rings. The van der Waals surface area contributed by atoms with Gasteiger partial charge < -0.3 is 5.32 Å². The molecular weight excluding hydrogens is 236 g/mol. The summed E-state index contributed by atoms with van der Waals surface area (Å²) in [5, 5.41) is 6.75. The van der Waals surface area contributed by atoms with E-state index in [2.05, 4.69) is 35.6 Å². The number of aliphatic imine (C=N–C) groups is 1. The van der Waals surface area contributed by atoms with E-state index in [1.54, 1.807) is 0 Å². The standard InChI is InChI=1S/C12H18N2S2/c1-3-9-5-6-15-11(9)7-13-12-14-10(4-2)8-16-12/h5-6,10H,3-4,7-8H2,1-2H3,(H,13,14). The third kappa shape index (κ3) is 2.80. The lowest BCUT2D eigenvalue weighted by molar-refractivity contribution is 0.667. The molecule has 1 saturated heterocycles. The molecule has 2 rings (SSSR count). The summed E-state index contributed by atoms with van der Waals surface area (Å²) in [6, 6.07) is 2.84. The predicted molar refractivity (Wildman–Crippen MR) is 74.5 cm³/mol. The Morgan fingerprint density at radius 1 is 1.50 bits per heavy atom. The molecule has 0 aromatic carbocycles. The molecule has 2 nitrogen and oxygen atoms in total. The van der Waals surface area contributed by atoms with Crippen LogP contribution in [-0.4, -0.2) is 17.0 Å². The molecule has 1 aromatic heterocycles. The highest BCUT2D eigenvalue weighted by atomic mass is 32.2. The molecule has 0 bridgehead atoms. The van der Waals surface area contributed by atoms with Gasteiger partial charge in [-0.3, -0.25) is 4.99 Å². The first-order valence-electron chi connectivity index (χ1n) is 5.82. The molecule has 1 unspecified atom stereocenters. The van der Waals surface area contributed by atoms with E-state index in [1.807, 2.05) is 23.1 Å². The quantitative estimate of drug-likeness (QED) is 0.891. The molecule has 1 aliphatic heterocycles. The Bertz CT molecular complexity index is 371. The Kier molecular flexibility index (Phi) is 4.29. The summed E-state index contributed by atoms with van der Waals surface area (Å²) in [6.45, 7) is 5.26. The fourth-order valence-electron chi connectivity index (χ4n) is 1.71. The average molecular weight is 254 g/mol. The van der Waals surface area contributed by atoms with Crippen LogP contribution in [0, 0.1) is 0 Å². The monoisotopic (exact) mass is 254 g/mol. The maximum Gasteiger partial charge on any atom is 0.157 e. The number of thioether (sulfide) groups is 1. The number of aryl methyl sites for hydroxylation is 1. The van der Waals surface area contributed by atoms with Gasteiger partial charge >= 0.3 is 0 Å². The molecule has 0 saturated carbocycles. The molecule has 4 heteroatoms. The Morgan fingerprint density at radius 2 is 2.38 bits per heavy atom. The van der Waals surface area contributed by atoms with Crippen molar-refractivity contribution in [2.24, 2.45) is 4.99 Å². The van der Waals surface area contributed by atoms with Crippen molar-refractivity contribution >= 4 is 28.3 Å². The van der Waals surface area contributed by atoms with E-state index in [4.69, 9.17) is 0 Å². The van der Waals surface area contributed by atoms with Gasteiger partial charge in [-0.1, -0.05) is 25.6 Å². The summed E-state index contributed by atoms with van der Waals surface area (Å²) in [7, 11) is 0. The molecule has 1 fully saturated rings. The fourth-order valence-corrected chi connectivity index (χ4v) is 3.70. The first kappa shape index (κ1) is 12.0. The predicted octanol–water partition coefficient (Wildman–Crippen LogP) is 3.28. The number of nitrogens with zero attached hydrogens (tertiary/aromatic N) is 1. The second-order valence-electron chi connectivity index (χ2n) is 3.90. The number of nitrogens with one attached hydrogen (secondary N) is 1. The van der Waals surface area contributed by atoms with Crippen LogP contribution in [0.25, 0.3) is 0 Å². The summed E-state index contributed by atoms with van der Waals surface area (Å²) in [5.74, 6) is 1.17. The number of hydrogen-bond donors (Lipinski definition) is 1. The van der Waals surface area contributed by atoms with Gasteiger partial charge in [-0.2, -0.15) is 0 Å². The smallest absolute Gasteiger partial charge is 0.157 e. The molecule has 88 valence electrons. The SMILES string of the molecule is CCc1ccsc1CN=C1NC(CC)CS1. The van der Waals surface area contributed by atoms with Crippen LogP contribution in [0.5, 0.6) is 0 Å². The molecule has 1 aliphatic rings. The van der Waals surface area contributed by atoms with Crippen molar-refractivity contribution in [2.75, 3.05) is 5.75 Å². The second kappa shape index (κ2) is 5.73. The molecule has 1 N–H and O–H groups in total. The topological polar surface area (TPSA) is 24.4 Å². The van der Waals surface area contributed by atoms with Gasteiger partial charge in [0.2, 0.25) is 0 Å². The molecule has 16 heavy (non-hydrogen) atoms. The Labute approximate surface area is 106 Å². The molecule has 0 amide bonds. The summed E-state index contributed by atoms with van der Waals surface area (Å²) in [6.07, 6.45) is 2.30. The number of hydrogen-bond acceptors (Lipinski definition) is 3. The number of amidine groups is 1. The first-order valence-corrected chi connectivity index (χ1v) is 7.69. The van der Waals surface area contributed by atoms with Crippen molar-refractivity contribution in [3.8, 4) is 0 Å². The summed E-state index contributed by atoms with van der Waals surface area (Å²) >= 11 is 3.67. The summed E-state index contributed by atoms with van der Waals surface area (Å²) < 4.78 is 0. The van der Waals surface area contributed by atoms with E-state index in [0.717, 1.165) is 18.1 Å². The lowest BCUT2D eigenvalue weighted by atomic mass is 10.2. The van der Waals surface area contributed by atoms with Crippen molar-refractivity contribution in [2.45, 2.75) is 39.3 Å². The maximum absolute atomic E-state index is 4.65. The molecular formula is C12H18N2S2. The van der Waals surface area contributed by atoms with Gasteiger partial charge in [0.1, 0.15) is 0 Å². The Morgan fingerprint density at radius 3 is 3.06 bits per heavy atom. The van der Waals surface area contributed by atoms with Crippen LogP contribution < -0.4 is 5.32 Å². The zero-order valence-electron chi connectivity index (χ0n) is 9.82. The minimum Gasteiger partial charge on any atom is -0.361 e. The highest BCUT2D eigenvalue weighted by molar-refractivity contribution is 8.14. The van der Waals surface area contributed by atoms with E-state index in [-0.39, 0.29) is 0 Å². The number of thiophene rings is 1. The normalized spacial score (nSPS) is 22.6. The van der Waals surface area contributed by atoms with Gasteiger partial charge in [0.15, 0.2) is 5.17 Å². The highest BCUT2D eigenvalue weighted by Gasteiger charge is 2.17. The molecule has 0 aliphatic carbocycles. The van der Waals surface area contributed by atoms with Crippen LogP contribution in [0.15, 0.2) is 16.4 Å². The van der Waals surface area contributed by atoms with Crippen molar-refractivity contribution < 1.29 is 0 Å². The minimum absolute atomic E-state index is 0.623. The molecule has 0 spiro atoms. The Hall–Kier alpha value is -0.480. The zero-order valence-corrected chi connectivity index (χ0v) is 11.5. The summed E-state index contributed by atoms with van der Waals surface area (Å²) in [5.41, 5.74) is 1.45. The van der Waals surface area contributed by atoms with Crippen LogP contribution in [0.4, 0.5) is 0 Å². The van der Waals surface area contributed by atoms with Crippen molar-refractivity contribution in [1.82, 2.24) is 5.32 Å². The first-order chi connectivity index (χ1) is 7.83. The van der Waals surface area contributed by atoms with Crippen LogP contribution >= 0.6 is 23.1 Å².